The average Bonchev–Trinajstić information content (AvgIpc) is 2.76. The Kier molecular flexibility index (Phi) is 3.38. The van der Waals surface area contributed by atoms with E-state index in [-0.39, 0.29) is 5.91 Å². The number of nitrogens with zero attached hydrogens (tertiary/aromatic N) is 3. The van der Waals surface area contributed by atoms with Crippen LogP contribution >= 0.6 is 0 Å². The lowest BCUT2D eigenvalue weighted by molar-refractivity contribution is 0.0744. The maximum Gasteiger partial charge on any atom is 0.257 e. The molecule has 1 amide bonds. The predicted molar refractivity (Wildman–Crippen MR) is 73.8 cm³/mol. The average molecular weight is 260 g/mol. The Bertz CT molecular complexity index is 476. The van der Waals surface area contributed by atoms with E-state index >= 15 is 0 Å². The first kappa shape index (κ1) is 12.4. The summed E-state index contributed by atoms with van der Waals surface area (Å²) in [6, 6.07) is 2.22. The lowest BCUT2D eigenvalue weighted by Gasteiger charge is -2.26. The molecule has 0 bridgehead atoms. The molecule has 5 nitrogen and oxygen atoms in total. The number of amides is 1. The lowest BCUT2D eigenvalue weighted by atomic mass is 10.1. The maximum atomic E-state index is 12.5. The highest BCUT2D eigenvalue weighted by Crippen LogP contribution is 2.23. The molecular formula is C14H20N4O. The summed E-state index contributed by atoms with van der Waals surface area (Å²) in [4.78, 5) is 21.0. The van der Waals surface area contributed by atoms with Crippen LogP contribution in [0.1, 0.15) is 29.6 Å². The number of nitrogens with two attached hydrogens (primary N) is 1. The Balaban J connectivity index is 1.78. The Morgan fingerprint density at radius 3 is 3.00 bits per heavy atom. The molecule has 0 saturated carbocycles. The van der Waals surface area contributed by atoms with Crippen LogP contribution in [0, 0.1) is 0 Å². The molecule has 0 aliphatic carbocycles. The van der Waals surface area contributed by atoms with Gasteiger partial charge in [-0.25, -0.2) is 0 Å². The molecule has 3 heterocycles. The van der Waals surface area contributed by atoms with Crippen molar-refractivity contribution in [3.8, 4) is 0 Å². The number of rotatable bonds is 1. The van der Waals surface area contributed by atoms with Gasteiger partial charge in [0.05, 0.1) is 5.56 Å². The molecule has 0 spiro atoms. The van der Waals surface area contributed by atoms with Gasteiger partial charge in [-0.2, -0.15) is 0 Å². The van der Waals surface area contributed by atoms with Gasteiger partial charge in [-0.3, -0.25) is 14.7 Å². The fraction of sp³-hybridized carbons (Fsp3) is 0.571. The molecule has 102 valence electrons. The Hall–Kier alpha value is -1.62. The van der Waals surface area contributed by atoms with Crippen molar-refractivity contribution >= 4 is 11.6 Å². The first-order valence-electron chi connectivity index (χ1n) is 6.98. The van der Waals surface area contributed by atoms with Crippen LogP contribution in [0.25, 0.3) is 0 Å². The van der Waals surface area contributed by atoms with Crippen molar-refractivity contribution in [3.63, 3.8) is 0 Å². The fourth-order valence-corrected chi connectivity index (χ4v) is 3.15. The highest BCUT2D eigenvalue weighted by atomic mass is 16.2. The van der Waals surface area contributed by atoms with Crippen LogP contribution in [-0.4, -0.2) is 52.9 Å². The van der Waals surface area contributed by atoms with Crippen LogP contribution in [0.3, 0.4) is 0 Å². The van der Waals surface area contributed by atoms with Crippen molar-refractivity contribution in [2.45, 2.75) is 25.3 Å². The van der Waals surface area contributed by atoms with Crippen LogP contribution in [0.4, 0.5) is 5.69 Å². The minimum atomic E-state index is 0.0272. The van der Waals surface area contributed by atoms with Gasteiger partial charge >= 0.3 is 0 Å². The third kappa shape index (κ3) is 2.42. The molecule has 1 aromatic heterocycles. The minimum Gasteiger partial charge on any atom is -0.398 e. The van der Waals surface area contributed by atoms with Gasteiger partial charge in [-0.05, 0) is 31.9 Å². The smallest absolute Gasteiger partial charge is 0.257 e. The zero-order valence-electron chi connectivity index (χ0n) is 11.1. The quantitative estimate of drug-likeness (QED) is 0.817. The number of aromatic nitrogens is 1. The van der Waals surface area contributed by atoms with Crippen molar-refractivity contribution < 1.29 is 4.79 Å². The summed E-state index contributed by atoms with van der Waals surface area (Å²) in [5, 5.41) is 0. The summed E-state index contributed by atoms with van der Waals surface area (Å²) < 4.78 is 0. The fourth-order valence-electron chi connectivity index (χ4n) is 3.15. The molecule has 5 heteroatoms. The number of hydrogen-bond acceptors (Lipinski definition) is 4. The summed E-state index contributed by atoms with van der Waals surface area (Å²) in [6.45, 7) is 3.94. The van der Waals surface area contributed by atoms with Gasteiger partial charge < -0.3 is 10.6 Å². The van der Waals surface area contributed by atoms with Crippen molar-refractivity contribution in [1.29, 1.82) is 0 Å². The van der Waals surface area contributed by atoms with Crippen LogP contribution in [0.5, 0.6) is 0 Å². The minimum absolute atomic E-state index is 0.0272. The first-order chi connectivity index (χ1) is 9.25. The zero-order valence-corrected chi connectivity index (χ0v) is 11.1. The molecule has 2 aliphatic rings. The molecule has 0 aromatic carbocycles. The molecule has 2 N–H and O–H groups in total. The van der Waals surface area contributed by atoms with Gasteiger partial charge in [0.1, 0.15) is 0 Å². The SMILES string of the molecule is Nc1ccncc1C(=O)N1CCCN2CCCC2C1. The van der Waals surface area contributed by atoms with Gasteiger partial charge in [0, 0.05) is 43.8 Å². The molecular weight excluding hydrogens is 240 g/mol. The topological polar surface area (TPSA) is 62.5 Å². The van der Waals surface area contributed by atoms with Crippen LogP contribution in [-0.2, 0) is 0 Å². The third-order valence-corrected chi connectivity index (χ3v) is 4.18. The predicted octanol–water partition coefficient (Wildman–Crippen LogP) is 0.974. The Morgan fingerprint density at radius 2 is 2.16 bits per heavy atom. The monoisotopic (exact) mass is 260 g/mol. The molecule has 3 rings (SSSR count). The molecule has 19 heavy (non-hydrogen) atoms. The summed E-state index contributed by atoms with van der Waals surface area (Å²) in [7, 11) is 0. The summed E-state index contributed by atoms with van der Waals surface area (Å²) >= 11 is 0. The molecule has 0 radical (unpaired) electrons. The van der Waals surface area contributed by atoms with Crippen LogP contribution in [0.2, 0.25) is 0 Å². The van der Waals surface area contributed by atoms with E-state index in [1.54, 1.807) is 18.5 Å². The largest absolute Gasteiger partial charge is 0.398 e. The maximum absolute atomic E-state index is 12.5. The van der Waals surface area contributed by atoms with E-state index in [0.717, 1.165) is 26.1 Å². The number of anilines is 1. The Labute approximate surface area is 113 Å². The number of nitrogen functional groups attached to an aromatic ring is 1. The lowest BCUT2D eigenvalue weighted by Crippen LogP contribution is -2.39. The third-order valence-electron chi connectivity index (χ3n) is 4.18. The van der Waals surface area contributed by atoms with E-state index in [2.05, 4.69) is 9.88 Å². The number of carbonyl (C=O) groups excluding carboxylic acids is 1. The second kappa shape index (κ2) is 5.17. The van der Waals surface area contributed by atoms with Crippen molar-refractivity contribution in [3.05, 3.63) is 24.0 Å². The molecule has 2 saturated heterocycles. The Morgan fingerprint density at radius 1 is 1.32 bits per heavy atom. The normalized spacial score (nSPS) is 24.0. The van der Waals surface area contributed by atoms with Gasteiger partial charge in [0.25, 0.3) is 5.91 Å². The molecule has 1 atom stereocenters. The first-order valence-corrected chi connectivity index (χ1v) is 6.98. The van der Waals surface area contributed by atoms with Gasteiger partial charge in [-0.15, -0.1) is 0 Å². The highest BCUT2D eigenvalue weighted by molar-refractivity contribution is 5.98. The summed E-state index contributed by atoms with van der Waals surface area (Å²) in [5.41, 5.74) is 6.93. The molecule has 2 aliphatic heterocycles. The van der Waals surface area contributed by atoms with Crippen LogP contribution < -0.4 is 5.73 Å². The van der Waals surface area contributed by atoms with E-state index in [4.69, 9.17) is 5.73 Å². The number of carbonyl (C=O) groups is 1. The number of pyridine rings is 1. The summed E-state index contributed by atoms with van der Waals surface area (Å²) in [5.74, 6) is 0.0272. The second-order valence-corrected chi connectivity index (χ2v) is 5.40. The van der Waals surface area contributed by atoms with E-state index in [1.165, 1.54) is 19.4 Å². The van der Waals surface area contributed by atoms with Crippen LogP contribution in [0.15, 0.2) is 18.5 Å². The second-order valence-electron chi connectivity index (χ2n) is 5.40. The highest BCUT2D eigenvalue weighted by Gasteiger charge is 2.31. The molecule has 1 unspecified atom stereocenters. The molecule has 2 fully saturated rings. The van der Waals surface area contributed by atoms with Crippen molar-refractivity contribution in [1.82, 2.24) is 14.8 Å². The summed E-state index contributed by atoms with van der Waals surface area (Å²) in [6.07, 6.45) is 6.69. The van der Waals surface area contributed by atoms with Crippen molar-refractivity contribution in [2.24, 2.45) is 0 Å². The van der Waals surface area contributed by atoms with E-state index in [1.807, 2.05) is 4.90 Å². The standard InChI is InChI=1S/C14H20N4O/c15-13-4-5-16-9-12(13)14(19)18-8-2-7-17-6-1-3-11(17)10-18/h4-5,9,11H,1-3,6-8,10H2,(H2,15,16). The van der Waals surface area contributed by atoms with Crippen molar-refractivity contribution in [2.75, 3.05) is 31.9 Å². The van der Waals surface area contributed by atoms with E-state index in [9.17, 15) is 4.79 Å². The zero-order chi connectivity index (χ0) is 13.2. The number of hydrogen-bond donors (Lipinski definition) is 1. The van der Waals surface area contributed by atoms with E-state index in [0.29, 0.717) is 17.3 Å². The van der Waals surface area contributed by atoms with Gasteiger partial charge in [-0.1, -0.05) is 0 Å². The van der Waals surface area contributed by atoms with E-state index < -0.39 is 0 Å². The van der Waals surface area contributed by atoms with Gasteiger partial charge in [0.2, 0.25) is 0 Å². The van der Waals surface area contributed by atoms with Gasteiger partial charge in [0.15, 0.2) is 0 Å². The number of fused-ring (bicyclic) bond motifs is 1. The molecule has 1 aromatic rings.